The number of hydrogen-bond donors (Lipinski definition) is 2. The van der Waals surface area contributed by atoms with Crippen LogP contribution in [0.4, 0.5) is 0 Å². The first kappa shape index (κ1) is 29.1. The number of aryl methyl sites for hydroxylation is 2. The average molecular weight is 582 g/mol. The molecule has 1 aromatic heterocycles. The number of nitrogens with zero attached hydrogens (tertiary/aromatic N) is 1. The largest absolute Gasteiger partial charge is 0.481 e. The van der Waals surface area contributed by atoms with Crippen LogP contribution in [-0.4, -0.2) is 34.2 Å². The Balaban J connectivity index is 0.000000170. The standard InChI is InChI=1S/C18H15Cl.C17H17NO5/c19-14-7-10-16-13(11-14)6-9-17-15-4-2-1-3-12(15)5-8-18(16)17;1-10-13(16(19)20)7-12(8-14(10)17(21)22)4-3-11-5-6-15(23-2)18-9-11/h3,5-8,10-11H,1-2,4,9H2;5-9H,3-4H2,1-2H3,(H,19,20)(H,21,22). The summed E-state index contributed by atoms with van der Waals surface area (Å²) in [6, 6.07) is 17.5. The molecule has 0 amide bonds. The van der Waals surface area contributed by atoms with Gasteiger partial charge in [0.1, 0.15) is 0 Å². The van der Waals surface area contributed by atoms with Crippen molar-refractivity contribution in [2.75, 3.05) is 7.11 Å². The fourth-order valence-corrected chi connectivity index (χ4v) is 5.89. The summed E-state index contributed by atoms with van der Waals surface area (Å²) in [6.45, 7) is 1.50. The van der Waals surface area contributed by atoms with E-state index >= 15 is 0 Å². The molecule has 2 N–H and O–H groups in total. The molecule has 0 atom stereocenters. The quantitative estimate of drug-likeness (QED) is 0.305. The molecule has 0 spiro atoms. The Hall–Kier alpha value is -4.42. The zero-order chi connectivity index (χ0) is 29.8. The van der Waals surface area contributed by atoms with E-state index in [2.05, 4.69) is 41.4 Å². The number of methoxy groups -OCH3 is 1. The predicted molar refractivity (Wildman–Crippen MR) is 164 cm³/mol. The Labute approximate surface area is 248 Å². The molecule has 3 aromatic carbocycles. The fourth-order valence-electron chi connectivity index (χ4n) is 5.71. The van der Waals surface area contributed by atoms with Gasteiger partial charge in [-0.25, -0.2) is 14.6 Å². The SMILES string of the molecule is COc1ccc(CCc2cc(C(=O)O)c(C)c(C(=O)O)c2)cn1.Clc1ccc2c(c1)=CCc1c3c(ccc1=2)=CCCC3. The van der Waals surface area contributed by atoms with Gasteiger partial charge in [0, 0.05) is 17.3 Å². The predicted octanol–water partition coefficient (Wildman–Crippen LogP) is 5.66. The van der Waals surface area contributed by atoms with E-state index in [1.807, 2.05) is 12.1 Å². The number of fused-ring (bicyclic) bond motifs is 4. The number of carboxylic acid groups (broad SMARTS) is 2. The van der Waals surface area contributed by atoms with Crippen LogP contribution in [0.3, 0.4) is 0 Å². The molecule has 0 bridgehead atoms. The minimum Gasteiger partial charge on any atom is -0.481 e. The summed E-state index contributed by atoms with van der Waals surface area (Å²) < 4.78 is 4.99. The highest BCUT2D eigenvalue weighted by Gasteiger charge is 2.17. The molecule has 0 fully saturated rings. The number of pyridine rings is 1. The Morgan fingerprint density at radius 1 is 0.857 bits per heavy atom. The number of halogens is 1. The van der Waals surface area contributed by atoms with Crippen molar-refractivity contribution in [1.29, 1.82) is 0 Å². The van der Waals surface area contributed by atoms with E-state index in [0.29, 0.717) is 24.3 Å². The molecule has 1 heterocycles. The molecule has 4 aromatic rings. The fraction of sp³-hybridized carbons (Fsp3) is 0.229. The van der Waals surface area contributed by atoms with Crippen molar-refractivity contribution in [2.24, 2.45) is 0 Å². The van der Waals surface area contributed by atoms with Crippen molar-refractivity contribution in [2.45, 2.75) is 45.4 Å². The Morgan fingerprint density at radius 3 is 2.24 bits per heavy atom. The maximum absolute atomic E-state index is 11.3. The summed E-state index contributed by atoms with van der Waals surface area (Å²) in [5.41, 5.74) is 5.03. The first-order valence-corrected chi connectivity index (χ1v) is 14.3. The summed E-state index contributed by atoms with van der Waals surface area (Å²) in [5.74, 6) is -1.73. The van der Waals surface area contributed by atoms with Gasteiger partial charge in [-0.15, -0.1) is 0 Å². The molecular formula is C35H32ClNO5. The molecule has 2 aliphatic rings. The van der Waals surface area contributed by atoms with Gasteiger partial charge in [-0.2, -0.15) is 0 Å². The minimum atomic E-state index is -1.13. The van der Waals surface area contributed by atoms with Gasteiger partial charge in [-0.3, -0.25) is 0 Å². The van der Waals surface area contributed by atoms with Gasteiger partial charge in [-0.05, 0) is 118 Å². The molecule has 42 heavy (non-hydrogen) atoms. The third-order valence-corrected chi connectivity index (χ3v) is 8.16. The van der Waals surface area contributed by atoms with Gasteiger partial charge in [-0.1, -0.05) is 48.0 Å². The van der Waals surface area contributed by atoms with Crippen LogP contribution >= 0.6 is 11.6 Å². The van der Waals surface area contributed by atoms with Crippen LogP contribution in [0.25, 0.3) is 12.2 Å². The van der Waals surface area contributed by atoms with E-state index in [-0.39, 0.29) is 16.7 Å². The van der Waals surface area contributed by atoms with Crippen LogP contribution in [0.1, 0.15) is 61.4 Å². The molecule has 0 aliphatic heterocycles. The second kappa shape index (κ2) is 12.6. The van der Waals surface area contributed by atoms with Crippen LogP contribution in [0.5, 0.6) is 5.88 Å². The van der Waals surface area contributed by atoms with E-state index in [1.54, 1.807) is 17.8 Å². The van der Waals surface area contributed by atoms with Crippen LogP contribution in [0.2, 0.25) is 5.02 Å². The highest BCUT2D eigenvalue weighted by Crippen LogP contribution is 2.20. The summed E-state index contributed by atoms with van der Waals surface area (Å²) in [7, 11) is 1.54. The second-order valence-corrected chi connectivity index (χ2v) is 11.0. The van der Waals surface area contributed by atoms with Crippen LogP contribution in [0.15, 0.2) is 60.8 Å². The molecule has 7 heteroatoms. The molecule has 0 saturated heterocycles. The van der Waals surface area contributed by atoms with Crippen molar-refractivity contribution in [1.82, 2.24) is 4.98 Å². The molecular weight excluding hydrogens is 550 g/mol. The first-order valence-electron chi connectivity index (χ1n) is 13.9. The summed E-state index contributed by atoms with van der Waals surface area (Å²) in [5, 5.41) is 24.7. The van der Waals surface area contributed by atoms with Crippen LogP contribution < -0.4 is 15.2 Å². The zero-order valence-electron chi connectivity index (χ0n) is 23.6. The monoisotopic (exact) mass is 581 g/mol. The van der Waals surface area contributed by atoms with Crippen molar-refractivity contribution in [3.8, 4) is 5.88 Å². The van der Waals surface area contributed by atoms with Crippen molar-refractivity contribution in [3.63, 3.8) is 0 Å². The lowest BCUT2D eigenvalue weighted by Crippen LogP contribution is -2.19. The van der Waals surface area contributed by atoms with Crippen molar-refractivity contribution < 1.29 is 24.5 Å². The van der Waals surface area contributed by atoms with Gasteiger partial charge in [0.15, 0.2) is 0 Å². The maximum Gasteiger partial charge on any atom is 0.335 e. The number of hydrogen-bond acceptors (Lipinski definition) is 4. The second-order valence-electron chi connectivity index (χ2n) is 10.5. The number of aromatic carboxylic acids is 2. The van der Waals surface area contributed by atoms with E-state index in [0.717, 1.165) is 17.0 Å². The van der Waals surface area contributed by atoms with Gasteiger partial charge >= 0.3 is 11.9 Å². The number of rotatable bonds is 6. The van der Waals surface area contributed by atoms with Gasteiger partial charge in [0.25, 0.3) is 0 Å². The van der Waals surface area contributed by atoms with Crippen LogP contribution in [-0.2, 0) is 25.7 Å². The molecule has 214 valence electrons. The number of benzene rings is 3. The van der Waals surface area contributed by atoms with Gasteiger partial charge in [0.2, 0.25) is 5.88 Å². The minimum absolute atomic E-state index is 0.0211. The lowest BCUT2D eigenvalue weighted by atomic mass is 9.89. The molecule has 6 nitrogen and oxygen atoms in total. The van der Waals surface area contributed by atoms with E-state index in [4.69, 9.17) is 16.3 Å². The van der Waals surface area contributed by atoms with Crippen molar-refractivity contribution >= 4 is 35.7 Å². The lowest BCUT2D eigenvalue weighted by molar-refractivity contribution is 0.0696. The lowest BCUT2D eigenvalue weighted by Gasteiger charge is -2.16. The number of aromatic nitrogens is 1. The Morgan fingerprint density at radius 2 is 1.57 bits per heavy atom. The highest BCUT2D eigenvalue weighted by atomic mass is 35.5. The van der Waals surface area contributed by atoms with Crippen LogP contribution in [0, 0.1) is 17.4 Å². The van der Waals surface area contributed by atoms with E-state index in [1.165, 1.54) is 71.9 Å². The summed E-state index contributed by atoms with van der Waals surface area (Å²) in [6.07, 6.45) is 12.3. The van der Waals surface area contributed by atoms with Crippen molar-refractivity contribution in [3.05, 3.63) is 126 Å². The number of ether oxygens (including phenoxy) is 1. The third kappa shape index (κ3) is 6.24. The summed E-state index contributed by atoms with van der Waals surface area (Å²) >= 11 is 6.09. The maximum atomic E-state index is 11.3. The molecule has 6 rings (SSSR count). The average Bonchev–Trinajstić information content (AvgIpc) is 3.00. The Kier molecular flexibility index (Phi) is 8.74. The summed E-state index contributed by atoms with van der Waals surface area (Å²) in [4.78, 5) is 26.7. The number of carboxylic acids is 2. The topological polar surface area (TPSA) is 96.7 Å². The third-order valence-electron chi connectivity index (χ3n) is 7.93. The Bertz CT molecular complexity index is 1860. The smallest absolute Gasteiger partial charge is 0.335 e. The number of carbonyl (C=O) groups is 2. The molecule has 0 radical (unpaired) electrons. The van der Waals surface area contributed by atoms with E-state index < -0.39 is 11.9 Å². The first-order chi connectivity index (χ1) is 20.2. The van der Waals surface area contributed by atoms with E-state index in [9.17, 15) is 19.8 Å². The van der Waals surface area contributed by atoms with Gasteiger partial charge < -0.3 is 14.9 Å². The normalized spacial score (nSPS) is 12.7. The highest BCUT2D eigenvalue weighted by molar-refractivity contribution is 6.30. The molecule has 0 unspecified atom stereocenters. The van der Waals surface area contributed by atoms with Gasteiger partial charge in [0.05, 0.1) is 18.2 Å². The molecule has 0 saturated carbocycles. The zero-order valence-corrected chi connectivity index (χ0v) is 24.4. The molecule has 2 aliphatic carbocycles.